The summed E-state index contributed by atoms with van der Waals surface area (Å²) in [7, 11) is 2.07. The number of hydrogen-bond donors (Lipinski definition) is 1. The third kappa shape index (κ3) is 4.66. The zero-order chi connectivity index (χ0) is 17.5. The highest BCUT2D eigenvalue weighted by atomic mass is 16.3. The molecule has 0 unspecified atom stereocenters. The summed E-state index contributed by atoms with van der Waals surface area (Å²) in [6.07, 6.45) is 4.73. The van der Waals surface area contributed by atoms with E-state index in [1.54, 1.807) is 12.5 Å². The molecular weight excluding hydrogens is 314 g/mol. The summed E-state index contributed by atoms with van der Waals surface area (Å²) < 4.78 is 5.40. The Balaban J connectivity index is 1.62. The summed E-state index contributed by atoms with van der Waals surface area (Å²) in [6, 6.07) is 14.1. The van der Waals surface area contributed by atoms with Gasteiger partial charge in [-0.15, -0.1) is 0 Å². The number of rotatable bonds is 7. The topological polar surface area (TPSA) is 78.0 Å². The van der Waals surface area contributed by atoms with E-state index < -0.39 is 0 Å². The first-order valence-electron chi connectivity index (χ1n) is 7.98. The molecule has 1 aromatic carbocycles. The van der Waals surface area contributed by atoms with Crippen LogP contribution >= 0.6 is 0 Å². The molecule has 2 aromatic heterocycles. The number of nitrogens with zero attached hydrogens (tertiary/aromatic N) is 4. The van der Waals surface area contributed by atoms with Crippen molar-refractivity contribution in [2.24, 2.45) is 0 Å². The molecule has 6 heteroatoms. The van der Waals surface area contributed by atoms with Crippen LogP contribution in [0.3, 0.4) is 0 Å². The molecule has 0 aliphatic heterocycles. The molecule has 3 rings (SSSR count). The second-order valence-electron chi connectivity index (χ2n) is 5.77. The molecule has 0 bridgehead atoms. The largest absolute Gasteiger partial charge is 0.468 e. The van der Waals surface area contributed by atoms with Gasteiger partial charge in [0.05, 0.1) is 25.2 Å². The van der Waals surface area contributed by atoms with Crippen molar-refractivity contribution in [2.75, 3.05) is 12.4 Å². The normalized spacial score (nSPS) is 10.6. The summed E-state index contributed by atoms with van der Waals surface area (Å²) in [4.78, 5) is 10.4. The van der Waals surface area contributed by atoms with Gasteiger partial charge in [-0.2, -0.15) is 5.26 Å². The Morgan fingerprint density at radius 1 is 1.08 bits per heavy atom. The molecular formula is C19H19N5O. The second-order valence-corrected chi connectivity index (χ2v) is 5.77. The van der Waals surface area contributed by atoms with Crippen LogP contribution < -0.4 is 5.32 Å². The SMILES string of the molecule is CN(Cc1ccco1)Cc1ccccc1CNc1cnc(C#N)cn1. The van der Waals surface area contributed by atoms with Gasteiger partial charge in [-0.3, -0.25) is 4.90 Å². The quantitative estimate of drug-likeness (QED) is 0.715. The molecule has 126 valence electrons. The Labute approximate surface area is 146 Å². The van der Waals surface area contributed by atoms with Crippen molar-refractivity contribution >= 4 is 5.82 Å². The van der Waals surface area contributed by atoms with E-state index in [1.165, 1.54) is 17.3 Å². The lowest BCUT2D eigenvalue weighted by atomic mass is 10.1. The van der Waals surface area contributed by atoms with Crippen molar-refractivity contribution < 1.29 is 4.42 Å². The van der Waals surface area contributed by atoms with Gasteiger partial charge in [-0.05, 0) is 30.3 Å². The van der Waals surface area contributed by atoms with E-state index in [1.807, 2.05) is 30.3 Å². The molecule has 0 radical (unpaired) electrons. The average Bonchev–Trinajstić information content (AvgIpc) is 3.14. The maximum absolute atomic E-state index is 8.76. The first kappa shape index (κ1) is 16.7. The fourth-order valence-corrected chi connectivity index (χ4v) is 2.56. The minimum Gasteiger partial charge on any atom is -0.468 e. The van der Waals surface area contributed by atoms with Gasteiger partial charge >= 0.3 is 0 Å². The number of hydrogen-bond acceptors (Lipinski definition) is 6. The number of furan rings is 1. The van der Waals surface area contributed by atoms with Gasteiger partial charge in [0.15, 0.2) is 5.69 Å². The fraction of sp³-hybridized carbons (Fsp3) is 0.211. The Morgan fingerprint density at radius 2 is 1.92 bits per heavy atom. The molecule has 0 fully saturated rings. The molecule has 0 aliphatic rings. The summed E-state index contributed by atoms with van der Waals surface area (Å²) in [5, 5.41) is 12.0. The molecule has 2 heterocycles. The van der Waals surface area contributed by atoms with Gasteiger partial charge in [0.25, 0.3) is 0 Å². The van der Waals surface area contributed by atoms with Crippen LogP contribution in [0, 0.1) is 11.3 Å². The highest BCUT2D eigenvalue weighted by Gasteiger charge is 2.08. The smallest absolute Gasteiger partial charge is 0.158 e. The lowest BCUT2D eigenvalue weighted by Gasteiger charge is -2.18. The van der Waals surface area contributed by atoms with Crippen LogP contribution in [0.5, 0.6) is 0 Å². The highest BCUT2D eigenvalue weighted by molar-refractivity contribution is 5.36. The van der Waals surface area contributed by atoms with E-state index in [0.717, 1.165) is 18.8 Å². The van der Waals surface area contributed by atoms with Crippen LogP contribution in [-0.4, -0.2) is 21.9 Å². The minimum atomic E-state index is 0.311. The summed E-state index contributed by atoms with van der Waals surface area (Å²) in [5.74, 6) is 1.60. The van der Waals surface area contributed by atoms with Crippen molar-refractivity contribution in [3.8, 4) is 6.07 Å². The van der Waals surface area contributed by atoms with E-state index in [-0.39, 0.29) is 0 Å². The summed E-state index contributed by atoms with van der Waals surface area (Å²) >= 11 is 0. The lowest BCUT2D eigenvalue weighted by molar-refractivity contribution is 0.287. The number of anilines is 1. The Hall–Kier alpha value is -3.17. The molecule has 3 aromatic rings. The molecule has 1 N–H and O–H groups in total. The van der Waals surface area contributed by atoms with Gasteiger partial charge < -0.3 is 9.73 Å². The van der Waals surface area contributed by atoms with E-state index in [2.05, 4.69) is 39.4 Å². The van der Waals surface area contributed by atoms with E-state index >= 15 is 0 Å². The zero-order valence-electron chi connectivity index (χ0n) is 14.0. The number of benzene rings is 1. The third-order valence-corrected chi connectivity index (χ3v) is 3.79. The number of aromatic nitrogens is 2. The zero-order valence-corrected chi connectivity index (χ0v) is 14.0. The maximum atomic E-state index is 8.76. The van der Waals surface area contributed by atoms with Gasteiger partial charge in [-0.25, -0.2) is 9.97 Å². The first-order chi connectivity index (χ1) is 12.2. The standard InChI is InChI=1S/C19H19N5O/c1-24(14-18-7-4-8-25-18)13-16-6-3-2-5-15(16)10-22-19-12-21-17(9-20)11-23-19/h2-8,11-12H,10,13-14H2,1H3,(H,22,23). The van der Waals surface area contributed by atoms with Crippen LogP contribution in [0.4, 0.5) is 5.82 Å². The first-order valence-corrected chi connectivity index (χ1v) is 7.98. The number of nitrogens with one attached hydrogen (secondary N) is 1. The predicted octanol–water partition coefficient (Wildman–Crippen LogP) is 3.19. The van der Waals surface area contributed by atoms with E-state index in [0.29, 0.717) is 18.1 Å². The predicted molar refractivity (Wildman–Crippen MR) is 94.4 cm³/mol. The average molecular weight is 333 g/mol. The monoisotopic (exact) mass is 333 g/mol. The van der Waals surface area contributed by atoms with Crippen LogP contribution in [0.1, 0.15) is 22.6 Å². The molecule has 0 aliphatic carbocycles. The van der Waals surface area contributed by atoms with Gasteiger partial charge in [-0.1, -0.05) is 24.3 Å². The minimum absolute atomic E-state index is 0.311. The fourth-order valence-electron chi connectivity index (χ4n) is 2.56. The highest BCUT2D eigenvalue weighted by Crippen LogP contribution is 2.15. The van der Waals surface area contributed by atoms with Crippen molar-refractivity contribution in [3.63, 3.8) is 0 Å². The van der Waals surface area contributed by atoms with Crippen molar-refractivity contribution in [2.45, 2.75) is 19.6 Å². The Kier molecular flexibility index (Phi) is 5.39. The molecule has 0 saturated carbocycles. The van der Waals surface area contributed by atoms with Crippen molar-refractivity contribution in [3.05, 3.63) is 77.6 Å². The van der Waals surface area contributed by atoms with Crippen LogP contribution in [0.25, 0.3) is 0 Å². The second kappa shape index (κ2) is 8.08. The molecule has 25 heavy (non-hydrogen) atoms. The van der Waals surface area contributed by atoms with Gasteiger partial charge in [0.2, 0.25) is 0 Å². The molecule has 0 saturated heterocycles. The molecule has 0 atom stereocenters. The Bertz CT molecular complexity index is 837. The molecule has 6 nitrogen and oxygen atoms in total. The maximum Gasteiger partial charge on any atom is 0.158 e. The van der Waals surface area contributed by atoms with Gasteiger partial charge in [0.1, 0.15) is 17.6 Å². The van der Waals surface area contributed by atoms with Crippen LogP contribution in [-0.2, 0) is 19.6 Å². The van der Waals surface area contributed by atoms with Crippen molar-refractivity contribution in [1.82, 2.24) is 14.9 Å². The Morgan fingerprint density at radius 3 is 2.60 bits per heavy atom. The van der Waals surface area contributed by atoms with E-state index in [9.17, 15) is 0 Å². The van der Waals surface area contributed by atoms with Crippen LogP contribution in [0.2, 0.25) is 0 Å². The summed E-state index contributed by atoms with van der Waals surface area (Å²) in [5.41, 5.74) is 2.75. The van der Waals surface area contributed by atoms with Crippen LogP contribution in [0.15, 0.2) is 59.5 Å². The molecule has 0 spiro atoms. The van der Waals surface area contributed by atoms with E-state index in [4.69, 9.17) is 9.68 Å². The van der Waals surface area contributed by atoms with Crippen molar-refractivity contribution in [1.29, 1.82) is 5.26 Å². The molecule has 0 amide bonds. The third-order valence-electron chi connectivity index (χ3n) is 3.79. The summed E-state index contributed by atoms with van der Waals surface area (Å²) in [6.45, 7) is 2.22. The lowest BCUT2D eigenvalue weighted by Crippen LogP contribution is -2.18. The number of nitriles is 1. The van der Waals surface area contributed by atoms with Gasteiger partial charge in [0, 0.05) is 13.1 Å².